The van der Waals surface area contributed by atoms with Gasteiger partial charge in [0.15, 0.2) is 0 Å². The first kappa shape index (κ1) is 16.6. The van der Waals surface area contributed by atoms with E-state index in [9.17, 15) is 23.7 Å². The van der Waals surface area contributed by atoms with E-state index in [4.69, 9.17) is 0 Å². The van der Waals surface area contributed by atoms with Gasteiger partial charge in [-0.2, -0.15) is 4.39 Å². The average Bonchev–Trinajstić information content (AvgIpc) is 3.09. The highest BCUT2D eigenvalue weighted by Gasteiger charge is 2.26. The van der Waals surface area contributed by atoms with Crippen molar-refractivity contribution in [3.8, 4) is 11.3 Å². The van der Waals surface area contributed by atoms with E-state index in [-0.39, 0.29) is 5.69 Å². The van der Waals surface area contributed by atoms with E-state index in [1.807, 2.05) is 0 Å². The molecule has 7 nitrogen and oxygen atoms in total. The number of benzene rings is 2. The first-order valence-electron chi connectivity index (χ1n) is 6.78. The lowest BCUT2D eigenvalue weighted by atomic mass is 10.1. The zero-order chi connectivity index (χ0) is 18.0. The first-order chi connectivity index (χ1) is 12.0. The summed E-state index contributed by atoms with van der Waals surface area (Å²) >= 11 is 1.18. The van der Waals surface area contributed by atoms with Crippen LogP contribution in [0.2, 0.25) is 0 Å². The number of nitro benzene ring substituents is 1. The molecular formula is C15H8F2N4O3S. The molecule has 1 aromatic heterocycles. The molecule has 1 amide bonds. The van der Waals surface area contributed by atoms with Crippen LogP contribution in [-0.2, 0) is 0 Å². The molecule has 0 aliphatic rings. The Balaban J connectivity index is 1.85. The van der Waals surface area contributed by atoms with Crippen molar-refractivity contribution >= 4 is 28.8 Å². The molecule has 0 bridgehead atoms. The number of aromatic nitrogens is 2. The Hall–Kier alpha value is -3.27. The summed E-state index contributed by atoms with van der Waals surface area (Å²) in [4.78, 5) is 21.8. The molecule has 126 valence electrons. The molecule has 1 N–H and O–H groups in total. The number of amides is 1. The number of carbonyl (C=O) groups is 1. The van der Waals surface area contributed by atoms with Gasteiger partial charge < -0.3 is 5.32 Å². The van der Waals surface area contributed by atoms with Crippen molar-refractivity contribution in [3.05, 3.63) is 69.1 Å². The molecule has 0 radical (unpaired) electrons. The molecule has 25 heavy (non-hydrogen) atoms. The van der Waals surface area contributed by atoms with E-state index >= 15 is 0 Å². The van der Waals surface area contributed by atoms with Crippen LogP contribution in [0.3, 0.4) is 0 Å². The van der Waals surface area contributed by atoms with Crippen LogP contribution in [0.15, 0.2) is 41.8 Å². The Labute approximate surface area is 143 Å². The number of hydrogen-bond acceptors (Lipinski definition) is 6. The van der Waals surface area contributed by atoms with Gasteiger partial charge in [-0.15, -0.1) is 5.10 Å². The standard InChI is InChI=1S/C15H8F2N4O3S/c16-10-5-6-12(21(23)24)14(17)13(10)15(22)18-9-3-1-8(2-4-9)11-7-25-20-19-11/h1-7H,(H,18,22). The third kappa shape index (κ3) is 3.33. The molecule has 0 spiro atoms. The molecule has 0 aliphatic heterocycles. The number of carbonyl (C=O) groups excluding carboxylic acids is 1. The largest absolute Gasteiger partial charge is 0.322 e. The van der Waals surface area contributed by atoms with E-state index in [0.29, 0.717) is 17.8 Å². The summed E-state index contributed by atoms with van der Waals surface area (Å²) in [6, 6.07) is 7.66. The lowest BCUT2D eigenvalue weighted by Crippen LogP contribution is -2.16. The van der Waals surface area contributed by atoms with Crippen LogP contribution in [0.1, 0.15) is 10.4 Å². The highest BCUT2D eigenvalue weighted by atomic mass is 32.1. The van der Waals surface area contributed by atoms with Gasteiger partial charge in [-0.05, 0) is 29.7 Å². The minimum absolute atomic E-state index is 0.266. The van der Waals surface area contributed by atoms with Gasteiger partial charge in [0, 0.05) is 22.7 Å². The maximum Gasteiger partial charge on any atom is 0.305 e. The van der Waals surface area contributed by atoms with Crippen molar-refractivity contribution in [1.29, 1.82) is 0 Å². The molecule has 3 aromatic rings. The Bertz CT molecular complexity index is 946. The van der Waals surface area contributed by atoms with Crippen LogP contribution < -0.4 is 5.32 Å². The van der Waals surface area contributed by atoms with Crippen molar-refractivity contribution in [2.24, 2.45) is 0 Å². The summed E-state index contributed by atoms with van der Waals surface area (Å²) in [5.74, 6) is -3.83. The van der Waals surface area contributed by atoms with E-state index in [0.717, 1.165) is 5.56 Å². The molecule has 0 fully saturated rings. The maximum atomic E-state index is 14.0. The Kier molecular flexibility index (Phi) is 4.44. The zero-order valence-electron chi connectivity index (χ0n) is 12.3. The lowest BCUT2D eigenvalue weighted by Gasteiger charge is -2.08. The third-order valence-electron chi connectivity index (χ3n) is 3.29. The van der Waals surface area contributed by atoms with Crippen LogP contribution in [0.4, 0.5) is 20.2 Å². The van der Waals surface area contributed by atoms with Gasteiger partial charge in [-0.3, -0.25) is 14.9 Å². The fourth-order valence-electron chi connectivity index (χ4n) is 2.10. The summed E-state index contributed by atoms with van der Waals surface area (Å²) in [5.41, 5.74) is -0.319. The number of nitrogens with one attached hydrogen (secondary N) is 1. The van der Waals surface area contributed by atoms with Crippen molar-refractivity contribution < 1.29 is 18.5 Å². The monoisotopic (exact) mass is 362 g/mol. The second-order valence-corrected chi connectivity index (χ2v) is 5.44. The van der Waals surface area contributed by atoms with Crippen molar-refractivity contribution in [1.82, 2.24) is 9.59 Å². The number of hydrogen-bond donors (Lipinski definition) is 1. The second kappa shape index (κ2) is 6.69. The summed E-state index contributed by atoms with van der Waals surface area (Å²) in [5, 5.41) is 18.7. The topological polar surface area (TPSA) is 98.0 Å². The Morgan fingerprint density at radius 3 is 2.48 bits per heavy atom. The fourth-order valence-corrected chi connectivity index (χ4v) is 2.56. The van der Waals surface area contributed by atoms with Gasteiger partial charge in [0.1, 0.15) is 17.1 Å². The van der Waals surface area contributed by atoms with Crippen LogP contribution in [-0.4, -0.2) is 20.4 Å². The first-order valence-corrected chi connectivity index (χ1v) is 7.62. The molecule has 0 aliphatic carbocycles. The minimum atomic E-state index is -1.52. The van der Waals surface area contributed by atoms with E-state index < -0.39 is 33.7 Å². The summed E-state index contributed by atoms with van der Waals surface area (Å²) in [6.07, 6.45) is 0. The normalized spacial score (nSPS) is 10.5. The molecule has 0 unspecified atom stereocenters. The van der Waals surface area contributed by atoms with E-state index in [1.165, 1.54) is 23.7 Å². The predicted octanol–water partition coefficient (Wildman–Crippen LogP) is 3.64. The molecule has 0 atom stereocenters. The van der Waals surface area contributed by atoms with Crippen molar-refractivity contribution in [2.75, 3.05) is 5.32 Å². The predicted molar refractivity (Wildman–Crippen MR) is 86.3 cm³/mol. The zero-order valence-corrected chi connectivity index (χ0v) is 13.1. The molecule has 0 saturated heterocycles. The van der Waals surface area contributed by atoms with Gasteiger partial charge >= 0.3 is 5.69 Å². The second-order valence-electron chi connectivity index (χ2n) is 4.83. The van der Waals surface area contributed by atoms with Crippen LogP contribution in [0, 0.1) is 21.7 Å². The molecule has 10 heteroatoms. The minimum Gasteiger partial charge on any atom is -0.322 e. The molecule has 3 rings (SSSR count). The molecule has 1 heterocycles. The van der Waals surface area contributed by atoms with Crippen LogP contribution >= 0.6 is 11.5 Å². The highest BCUT2D eigenvalue weighted by Crippen LogP contribution is 2.25. The number of nitrogens with zero attached hydrogens (tertiary/aromatic N) is 3. The van der Waals surface area contributed by atoms with Crippen LogP contribution in [0.25, 0.3) is 11.3 Å². The van der Waals surface area contributed by atoms with Gasteiger partial charge in [0.05, 0.1) is 4.92 Å². The number of halogens is 2. The summed E-state index contributed by atoms with van der Waals surface area (Å²) < 4.78 is 31.5. The van der Waals surface area contributed by atoms with Gasteiger partial charge in [-0.25, -0.2) is 4.39 Å². The smallest absolute Gasteiger partial charge is 0.305 e. The summed E-state index contributed by atoms with van der Waals surface area (Å²) in [6.45, 7) is 0. The van der Waals surface area contributed by atoms with Gasteiger partial charge in [0.2, 0.25) is 5.82 Å². The van der Waals surface area contributed by atoms with E-state index in [1.54, 1.807) is 17.5 Å². The van der Waals surface area contributed by atoms with Crippen molar-refractivity contribution in [3.63, 3.8) is 0 Å². The lowest BCUT2D eigenvalue weighted by molar-refractivity contribution is -0.387. The molecule has 0 saturated carbocycles. The Morgan fingerprint density at radius 1 is 1.16 bits per heavy atom. The van der Waals surface area contributed by atoms with Gasteiger partial charge in [0.25, 0.3) is 5.91 Å². The van der Waals surface area contributed by atoms with E-state index in [2.05, 4.69) is 14.9 Å². The molecule has 2 aromatic carbocycles. The van der Waals surface area contributed by atoms with Gasteiger partial charge in [-0.1, -0.05) is 16.6 Å². The fraction of sp³-hybridized carbons (Fsp3) is 0. The van der Waals surface area contributed by atoms with Crippen molar-refractivity contribution in [2.45, 2.75) is 0 Å². The third-order valence-corrected chi connectivity index (χ3v) is 3.80. The average molecular weight is 362 g/mol. The summed E-state index contributed by atoms with van der Waals surface area (Å²) in [7, 11) is 0. The number of nitro groups is 1. The molecular weight excluding hydrogens is 354 g/mol. The number of anilines is 1. The quantitative estimate of drug-likeness (QED) is 0.564. The number of rotatable bonds is 4. The van der Waals surface area contributed by atoms with Crippen LogP contribution in [0.5, 0.6) is 0 Å². The maximum absolute atomic E-state index is 14.0. The Morgan fingerprint density at radius 2 is 1.88 bits per heavy atom. The SMILES string of the molecule is O=C(Nc1ccc(-c2csnn2)cc1)c1c(F)ccc([N+](=O)[O-])c1F. The highest BCUT2D eigenvalue weighted by molar-refractivity contribution is 7.03.